The third-order valence-corrected chi connectivity index (χ3v) is 9.27. The molecule has 0 unspecified atom stereocenters. The molecule has 0 aliphatic rings. The molecule has 8 nitrogen and oxygen atoms in total. The predicted molar refractivity (Wildman–Crippen MR) is 198 cm³/mol. The molecule has 0 aromatic heterocycles. The highest BCUT2D eigenvalue weighted by molar-refractivity contribution is 7.46. The van der Waals surface area contributed by atoms with Crippen LogP contribution in [-0.4, -0.2) is 41.0 Å². The maximum absolute atomic E-state index is 12.3. The standard InChI is InChI=1S/C39H75O8P/c1-3-5-7-9-11-13-15-17-18-19-20-21-22-24-25-27-29-31-33-38(40)45-35-37(36-46-48(42,43)44)47-39(41)34-32-30-28-26-23-16-14-12-10-8-6-4-2/h12,14,37H,3-11,13,15-36H2,1-2H3,(H2,42,43,44)/b14-12-/t37-/m1/s1. The monoisotopic (exact) mass is 703 g/mol. The zero-order chi connectivity index (χ0) is 35.4. The predicted octanol–water partition coefficient (Wildman–Crippen LogP) is 11.8. The van der Waals surface area contributed by atoms with Gasteiger partial charge in [0.05, 0.1) is 6.61 Å². The quantitative estimate of drug-likeness (QED) is 0.0284. The Morgan fingerprint density at radius 2 is 0.875 bits per heavy atom. The molecular weight excluding hydrogens is 627 g/mol. The summed E-state index contributed by atoms with van der Waals surface area (Å²) in [7, 11) is -4.75. The van der Waals surface area contributed by atoms with Crippen molar-refractivity contribution in [2.75, 3.05) is 13.2 Å². The molecule has 284 valence electrons. The van der Waals surface area contributed by atoms with Gasteiger partial charge in [-0.15, -0.1) is 0 Å². The number of unbranched alkanes of at least 4 members (excludes halogenated alkanes) is 25. The minimum Gasteiger partial charge on any atom is -0.462 e. The summed E-state index contributed by atoms with van der Waals surface area (Å²) in [5.74, 6) is -0.886. The summed E-state index contributed by atoms with van der Waals surface area (Å²) >= 11 is 0. The molecule has 2 N–H and O–H groups in total. The smallest absolute Gasteiger partial charge is 0.462 e. The molecule has 0 bridgehead atoms. The van der Waals surface area contributed by atoms with Crippen molar-refractivity contribution in [3.05, 3.63) is 12.2 Å². The van der Waals surface area contributed by atoms with Crippen LogP contribution in [0, 0.1) is 0 Å². The van der Waals surface area contributed by atoms with E-state index >= 15 is 0 Å². The lowest BCUT2D eigenvalue weighted by molar-refractivity contribution is -0.161. The SMILES string of the molecule is CCCCC/C=C\CCCCCCCC(=O)O[C@H](COC(=O)CCCCCCCCCCCCCCCCCCCC)COP(=O)(O)O. The Balaban J connectivity index is 3.88. The molecule has 0 radical (unpaired) electrons. The largest absolute Gasteiger partial charge is 0.469 e. The molecule has 0 amide bonds. The lowest BCUT2D eigenvalue weighted by Crippen LogP contribution is -2.29. The van der Waals surface area contributed by atoms with Crippen LogP contribution < -0.4 is 0 Å². The van der Waals surface area contributed by atoms with Gasteiger partial charge in [0, 0.05) is 12.8 Å². The van der Waals surface area contributed by atoms with Gasteiger partial charge in [0.2, 0.25) is 0 Å². The first kappa shape index (κ1) is 46.8. The average Bonchev–Trinajstić information content (AvgIpc) is 3.05. The van der Waals surface area contributed by atoms with Gasteiger partial charge in [-0.05, 0) is 38.5 Å². The zero-order valence-electron chi connectivity index (χ0n) is 31.2. The Labute approximate surface area is 295 Å². The van der Waals surface area contributed by atoms with Crippen LogP contribution in [0.1, 0.15) is 206 Å². The molecule has 48 heavy (non-hydrogen) atoms. The van der Waals surface area contributed by atoms with Crippen molar-refractivity contribution in [2.24, 2.45) is 0 Å². The third kappa shape index (κ3) is 37.6. The van der Waals surface area contributed by atoms with Gasteiger partial charge in [-0.25, -0.2) is 4.57 Å². The Bertz CT molecular complexity index is 797. The van der Waals surface area contributed by atoms with Gasteiger partial charge in [0.15, 0.2) is 6.10 Å². The van der Waals surface area contributed by atoms with Crippen molar-refractivity contribution in [3.8, 4) is 0 Å². The van der Waals surface area contributed by atoms with E-state index in [9.17, 15) is 14.2 Å². The molecule has 0 saturated heterocycles. The van der Waals surface area contributed by atoms with Crippen LogP contribution in [0.3, 0.4) is 0 Å². The van der Waals surface area contributed by atoms with Gasteiger partial charge in [-0.2, -0.15) is 0 Å². The Hall–Kier alpha value is -1.21. The topological polar surface area (TPSA) is 119 Å². The first-order chi connectivity index (χ1) is 23.3. The summed E-state index contributed by atoms with van der Waals surface area (Å²) < 4.78 is 26.3. The van der Waals surface area contributed by atoms with Gasteiger partial charge in [-0.1, -0.05) is 167 Å². The molecule has 0 aliphatic heterocycles. The van der Waals surface area contributed by atoms with Crippen LogP contribution in [0.25, 0.3) is 0 Å². The minimum absolute atomic E-state index is 0.205. The first-order valence-electron chi connectivity index (χ1n) is 20.0. The molecule has 9 heteroatoms. The summed E-state index contributed by atoms with van der Waals surface area (Å²) in [5, 5.41) is 0. The van der Waals surface area contributed by atoms with E-state index in [1.165, 1.54) is 116 Å². The minimum atomic E-state index is -4.75. The second-order valence-corrected chi connectivity index (χ2v) is 14.9. The molecule has 1 atom stereocenters. The van der Waals surface area contributed by atoms with Crippen molar-refractivity contribution in [1.82, 2.24) is 0 Å². The van der Waals surface area contributed by atoms with E-state index < -0.39 is 32.5 Å². The van der Waals surface area contributed by atoms with Gasteiger partial charge in [-0.3, -0.25) is 14.1 Å². The maximum Gasteiger partial charge on any atom is 0.469 e. The molecule has 0 heterocycles. The second kappa shape index (κ2) is 35.6. The Kier molecular flexibility index (Phi) is 34.7. The van der Waals surface area contributed by atoms with Gasteiger partial charge in [0.25, 0.3) is 0 Å². The van der Waals surface area contributed by atoms with E-state index in [0.29, 0.717) is 6.42 Å². The number of phosphoric acid groups is 1. The van der Waals surface area contributed by atoms with Crippen molar-refractivity contribution in [3.63, 3.8) is 0 Å². The highest BCUT2D eigenvalue weighted by atomic mass is 31.2. The number of carbonyl (C=O) groups excluding carboxylic acids is 2. The molecule has 0 aromatic carbocycles. The fourth-order valence-corrected chi connectivity index (χ4v) is 6.14. The van der Waals surface area contributed by atoms with Crippen molar-refractivity contribution in [2.45, 2.75) is 213 Å². The van der Waals surface area contributed by atoms with E-state index in [4.69, 9.17) is 19.3 Å². The normalized spacial score (nSPS) is 12.5. The lowest BCUT2D eigenvalue weighted by atomic mass is 10.0. The number of carbonyl (C=O) groups is 2. The van der Waals surface area contributed by atoms with Crippen LogP contribution in [-0.2, 0) is 28.2 Å². The van der Waals surface area contributed by atoms with Crippen LogP contribution in [0.5, 0.6) is 0 Å². The fourth-order valence-electron chi connectivity index (χ4n) is 5.78. The van der Waals surface area contributed by atoms with Crippen LogP contribution in [0.15, 0.2) is 12.2 Å². The molecule has 0 rings (SSSR count). The van der Waals surface area contributed by atoms with E-state index in [0.717, 1.165) is 57.8 Å². The maximum atomic E-state index is 12.3. The average molecular weight is 703 g/mol. The van der Waals surface area contributed by atoms with Crippen molar-refractivity contribution in [1.29, 1.82) is 0 Å². The number of rotatable bonds is 37. The molecule has 0 saturated carbocycles. The Morgan fingerprint density at radius 3 is 1.31 bits per heavy atom. The number of hydrogen-bond acceptors (Lipinski definition) is 6. The highest BCUT2D eigenvalue weighted by Gasteiger charge is 2.22. The van der Waals surface area contributed by atoms with E-state index in [-0.39, 0.29) is 19.4 Å². The highest BCUT2D eigenvalue weighted by Crippen LogP contribution is 2.36. The number of phosphoric ester groups is 1. The summed E-state index contributed by atoms with van der Waals surface area (Å²) in [6, 6.07) is 0. The lowest BCUT2D eigenvalue weighted by Gasteiger charge is -2.18. The van der Waals surface area contributed by atoms with Crippen LogP contribution >= 0.6 is 7.82 Å². The first-order valence-corrected chi connectivity index (χ1v) is 21.5. The number of hydrogen-bond donors (Lipinski definition) is 2. The van der Waals surface area contributed by atoms with E-state index in [1.54, 1.807) is 0 Å². The number of ether oxygens (including phenoxy) is 2. The number of allylic oxidation sites excluding steroid dienone is 2. The molecule has 0 spiro atoms. The molecule has 0 fully saturated rings. The number of esters is 2. The third-order valence-electron chi connectivity index (χ3n) is 8.78. The van der Waals surface area contributed by atoms with E-state index in [1.807, 2.05) is 0 Å². The van der Waals surface area contributed by atoms with E-state index in [2.05, 4.69) is 30.5 Å². The van der Waals surface area contributed by atoms with Gasteiger partial charge < -0.3 is 19.3 Å². The molecule has 0 aromatic rings. The summed E-state index contributed by atoms with van der Waals surface area (Å²) in [6.07, 6.45) is 37.9. The summed E-state index contributed by atoms with van der Waals surface area (Å²) in [5.41, 5.74) is 0. The van der Waals surface area contributed by atoms with Gasteiger partial charge >= 0.3 is 19.8 Å². The summed E-state index contributed by atoms with van der Waals surface area (Å²) in [6.45, 7) is 3.66. The fraction of sp³-hybridized carbons (Fsp3) is 0.897. The van der Waals surface area contributed by atoms with Crippen LogP contribution in [0.2, 0.25) is 0 Å². The molecular formula is C39H75O8P. The van der Waals surface area contributed by atoms with Gasteiger partial charge in [0.1, 0.15) is 6.61 Å². The van der Waals surface area contributed by atoms with Crippen molar-refractivity contribution >= 4 is 19.8 Å². The summed E-state index contributed by atoms with van der Waals surface area (Å²) in [4.78, 5) is 42.7. The molecule has 0 aliphatic carbocycles. The zero-order valence-corrected chi connectivity index (χ0v) is 32.0. The van der Waals surface area contributed by atoms with Crippen LogP contribution in [0.4, 0.5) is 0 Å². The Morgan fingerprint density at radius 1 is 0.521 bits per heavy atom. The van der Waals surface area contributed by atoms with Crippen molar-refractivity contribution < 1.29 is 37.9 Å². The second-order valence-electron chi connectivity index (χ2n) is 13.6.